The molecule has 1 aromatic carbocycles. The summed E-state index contributed by atoms with van der Waals surface area (Å²) < 4.78 is 5.57. The van der Waals surface area contributed by atoms with E-state index in [0.29, 0.717) is 0 Å². The van der Waals surface area contributed by atoms with Crippen LogP contribution in [0.1, 0.15) is 39.2 Å². The number of ether oxygens (including phenoxy) is 1. The Hall–Kier alpha value is -1.06. The van der Waals surface area contributed by atoms with Crippen molar-refractivity contribution in [3.8, 4) is 0 Å². The maximum absolute atomic E-state index is 5.57. The number of para-hydroxylation sites is 1. The first-order chi connectivity index (χ1) is 9.74. The summed E-state index contributed by atoms with van der Waals surface area (Å²) in [6, 6.07) is 8.74. The summed E-state index contributed by atoms with van der Waals surface area (Å²) in [5.74, 6) is 0. The van der Waals surface area contributed by atoms with Crippen LogP contribution in [0.4, 0.5) is 5.69 Å². The van der Waals surface area contributed by atoms with Crippen molar-refractivity contribution >= 4 is 5.69 Å². The van der Waals surface area contributed by atoms with E-state index in [1.54, 1.807) is 0 Å². The van der Waals surface area contributed by atoms with E-state index in [4.69, 9.17) is 4.74 Å². The largest absolute Gasteiger partial charge is 0.380 e. The fourth-order valence-electron chi connectivity index (χ4n) is 3.00. The Morgan fingerprint density at radius 3 is 2.65 bits per heavy atom. The molecule has 20 heavy (non-hydrogen) atoms. The molecule has 0 spiro atoms. The lowest BCUT2D eigenvalue weighted by molar-refractivity contribution is 0.152. The normalized spacial score (nSPS) is 17.6. The topological polar surface area (TPSA) is 24.5 Å². The second-order valence-electron chi connectivity index (χ2n) is 5.59. The molecule has 0 amide bonds. The monoisotopic (exact) mass is 276 g/mol. The highest BCUT2D eigenvalue weighted by Gasteiger charge is 2.31. The third-order valence-corrected chi connectivity index (χ3v) is 4.54. The Bertz CT molecular complexity index is 415. The van der Waals surface area contributed by atoms with Gasteiger partial charge in [-0.25, -0.2) is 0 Å². The molecule has 1 N–H and O–H groups in total. The lowest BCUT2D eigenvalue weighted by atomic mass is 9.92. The SMILES string of the molecule is CCOCCN1CC(CC)(CC)NCc2ccccc21. The van der Waals surface area contributed by atoms with Crippen LogP contribution in [-0.2, 0) is 11.3 Å². The second kappa shape index (κ2) is 7.09. The van der Waals surface area contributed by atoms with Crippen molar-refractivity contribution in [2.45, 2.75) is 45.7 Å². The van der Waals surface area contributed by atoms with Crippen LogP contribution in [0.5, 0.6) is 0 Å². The molecule has 1 aromatic rings. The van der Waals surface area contributed by atoms with Gasteiger partial charge in [-0.2, -0.15) is 0 Å². The summed E-state index contributed by atoms with van der Waals surface area (Å²) in [5.41, 5.74) is 2.97. The van der Waals surface area contributed by atoms with Crippen LogP contribution in [0.25, 0.3) is 0 Å². The zero-order chi connectivity index (χ0) is 14.4. The van der Waals surface area contributed by atoms with E-state index in [-0.39, 0.29) is 5.54 Å². The van der Waals surface area contributed by atoms with Gasteiger partial charge in [0.2, 0.25) is 0 Å². The number of hydrogen-bond donors (Lipinski definition) is 1. The number of fused-ring (bicyclic) bond motifs is 1. The molecule has 112 valence electrons. The second-order valence-corrected chi connectivity index (χ2v) is 5.59. The number of rotatable bonds is 6. The molecule has 1 heterocycles. The van der Waals surface area contributed by atoms with Gasteiger partial charge in [0, 0.05) is 37.5 Å². The highest BCUT2D eigenvalue weighted by atomic mass is 16.5. The van der Waals surface area contributed by atoms with Crippen molar-refractivity contribution < 1.29 is 4.74 Å². The predicted octanol–water partition coefficient (Wildman–Crippen LogP) is 3.19. The molecule has 1 aliphatic rings. The highest BCUT2D eigenvalue weighted by Crippen LogP contribution is 2.29. The van der Waals surface area contributed by atoms with Crippen molar-refractivity contribution in [1.29, 1.82) is 0 Å². The quantitative estimate of drug-likeness (QED) is 0.808. The number of hydrogen-bond acceptors (Lipinski definition) is 3. The Morgan fingerprint density at radius 1 is 1.20 bits per heavy atom. The van der Waals surface area contributed by atoms with E-state index in [9.17, 15) is 0 Å². The zero-order valence-corrected chi connectivity index (χ0v) is 13.1. The molecule has 0 bridgehead atoms. The van der Waals surface area contributed by atoms with Crippen molar-refractivity contribution in [1.82, 2.24) is 5.32 Å². The van der Waals surface area contributed by atoms with E-state index in [1.165, 1.54) is 11.3 Å². The summed E-state index contributed by atoms with van der Waals surface area (Å²) in [6.07, 6.45) is 2.31. The summed E-state index contributed by atoms with van der Waals surface area (Å²) in [7, 11) is 0. The number of benzene rings is 1. The highest BCUT2D eigenvalue weighted by molar-refractivity contribution is 5.55. The van der Waals surface area contributed by atoms with Crippen molar-refractivity contribution in [2.24, 2.45) is 0 Å². The molecule has 0 saturated heterocycles. The van der Waals surface area contributed by atoms with E-state index in [2.05, 4.69) is 55.3 Å². The van der Waals surface area contributed by atoms with Gasteiger partial charge < -0.3 is 15.0 Å². The van der Waals surface area contributed by atoms with Crippen LogP contribution < -0.4 is 10.2 Å². The van der Waals surface area contributed by atoms with Gasteiger partial charge in [0.05, 0.1) is 6.61 Å². The predicted molar refractivity (Wildman–Crippen MR) is 85.3 cm³/mol. The first-order valence-electron chi connectivity index (χ1n) is 7.90. The third-order valence-electron chi connectivity index (χ3n) is 4.54. The molecule has 0 radical (unpaired) electrons. The molecule has 0 unspecified atom stereocenters. The lowest BCUT2D eigenvalue weighted by Crippen LogP contribution is -2.51. The van der Waals surface area contributed by atoms with Gasteiger partial charge in [0.1, 0.15) is 0 Å². The lowest BCUT2D eigenvalue weighted by Gasteiger charge is -2.36. The first kappa shape index (κ1) is 15.3. The molecule has 3 nitrogen and oxygen atoms in total. The molecular formula is C17H28N2O. The van der Waals surface area contributed by atoms with Gasteiger partial charge in [-0.15, -0.1) is 0 Å². The average molecular weight is 276 g/mol. The van der Waals surface area contributed by atoms with Crippen LogP contribution in [-0.4, -0.2) is 31.8 Å². The van der Waals surface area contributed by atoms with Crippen molar-refractivity contribution in [2.75, 3.05) is 31.2 Å². The minimum Gasteiger partial charge on any atom is -0.380 e. The molecule has 2 rings (SSSR count). The molecule has 0 saturated carbocycles. The molecule has 3 heteroatoms. The maximum Gasteiger partial charge on any atom is 0.0641 e. The van der Waals surface area contributed by atoms with Crippen LogP contribution in [0, 0.1) is 0 Å². The number of nitrogens with zero attached hydrogens (tertiary/aromatic N) is 1. The maximum atomic E-state index is 5.57. The Labute approximate surface area is 123 Å². The minimum absolute atomic E-state index is 0.214. The fraction of sp³-hybridized carbons (Fsp3) is 0.647. The summed E-state index contributed by atoms with van der Waals surface area (Å²) >= 11 is 0. The van der Waals surface area contributed by atoms with Gasteiger partial charge in [0.25, 0.3) is 0 Å². The number of anilines is 1. The molecular weight excluding hydrogens is 248 g/mol. The summed E-state index contributed by atoms with van der Waals surface area (Å²) in [5, 5.41) is 3.79. The van der Waals surface area contributed by atoms with Crippen molar-refractivity contribution in [3.63, 3.8) is 0 Å². The van der Waals surface area contributed by atoms with Gasteiger partial charge >= 0.3 is 0 Å². The van der Waals surface area contributed by atoms with Crippen molar-refractivity contribution in [3.05, 3.63) is 29.8 Å². The molecule has 0 aliphatic carbocycles. The van der Waals surface area contributed by atoms with Crippen LogP contribution >= 0.6 is 0 Å². The Morgan fingerprint density at radius 2 is 1.95 bits per heavy atom. The van der Waals surface area contributed by atoms with E-state index in [1.807, 2.05) is 0 Å². The van der Waals surface area contributed by atoms with E-state index >= 15 is 0 Å². The molecule has 0 fully saturated rings. The molecule has 0 atom stereocenters. The third kappa shape index (κ3) is 3.33. The van der Waals surface area contributed by atoms with Gasteiger partial charge in [-0.05, 0) is 31.4 Å². The summed E-state index contributed by atoms with van der Waals surface area (Å²) in [4.78, 5) is 2.50. The van der Waals surface area contributed by atoms with Crippen LogP contribution in [0.3, 0.4) is 0 Å². The Balaban J connectivity index is 2.22. The van der Waals surface area contributed by atoms with Gasteiger partial charge in [0.15, 0.2) is 0 Å². The minimum atomic E-state index is 0.214. The average Bonchev–Trinajstić information content (AvgIpc) is 2.66. The molecule has 1 aliphatic heterocycles. The van der Waals surface area contributed by atoms with Gasteiger partial charge in [-0.3, -0.25) is 0 Å². The standard InChI is InChI=1S/C17H28N2O/c1-4-17(5-2)14-19(11-12-20-6-3)16-10-8-7-9-15(16)13-18-17/h7-10,18H,4-6,11-14H2,1-3H3. The van der Waals surface area contributed by atoms with Gasteiger partial charge in [-0.1, -0.05) is 32.0 Å². The van der Waals surface area contributed by atoms with E-state index in [0.717, 1.165) is 45.7 Å². The molecule has 0 aromatic heterocycles. The van der Waals surface area contributed by atoms with Crippen LogP contribution in [0.15, 0.2) is 24.3 Å². The fourth-order valence-corrected chi connectivity index (χ4v) is 3.00. The smallest absolute Gasteiger partial charge is 0.0641 e. The number of nitrogens with one attached hydrogen (secondary N) is 1. The summed E-state index contributed by atoms with van der Waals surface area (Å²) in [6.45, 7) is 11.2. The first-order valence-corrected chi connectivity index (χ1v) is 7.90. The van der Waals surface area contributed by atoms with E-state index < -0.39 is 0 Å². The zero-order valence-electron chi connectivity index (χ0n) is 13.1. The van der Waals surface area contributed by atoms with Crippen LogP contribution in [0.2, 0.25) is 0 Å². The Kier molecular flexibility index (Phi) is 5.44.